The summed E-state index contributed by atoms with van der Waals surface area (Å²) in [5.74, 6) is -0.738. The van der Waals surface area contributed by atoms with Crippen molar-refractivity contribution >= 4 is 50.0 Å². The number of hydrogen-bond acceptors (Lipinski definition) is 5. The molecule has 2 aromatic carbocycles. The molecule has 0 fully saturated rings. The van der Waals surface area contributed by atoms with Crippen molar-refractivity contribution in [1.82, 2.24) is 4.98 Å². The zero-order valence-corrected chi connectivity index (χ0v) is 16.3. The van der Waals surface area contributed by atoms with Crippen molar-refractivity contribution in [2.75, 3.05) is 11.9 Å². The number of aromatic nitrogens is 1. The molecule has 0 aliphatic carbocycles. The van der Waals surface area contributed by atoms with Crippen LogP contribution in [-0.4, -0.2) is 23.5 Å². The van der Waals surface area contributed by atoms with Crippen molar-refractivity contribution in [3.8, 4) is 0 Å². The van der Waals surface area contributed by atoms with Crippen molar-refractivity contribution in [2.45, 2.75) is 13.8 Å². The molecule has 0 aliphatic rings. The van der Waals surface area contributed by atoms with Crippen molar-refractivity contribution in [3.63, 3.8) is 0 Å². The number of carbonyl (C=O) groups excluding carboxylic acids is 2. The van der Waals surface area contributed by atoms with Gasteiger partial charge < -0.3 is 10.1 Å². The van der Waals surface area contributed by atoms with Crippen LogP contribution in [0.3, 0.4) is 0 Å². The molecule has 2 heterocycles. The van der Waals surface area contributed by atoms with Crippen LogP contribution in [-0.2, 0) is 4.74 Å². The second-order valence-corrected chi connectivity index (χ2v) is 7.44. The van der Waals surface area contributed by atoms with Crippen LogP contribution in [0.1, 0.15) is 32.5 Å². The van der Waals surface area contributed by atoms with Gasteiger partial charge in [-0.05, 0) is 50.2 Å². The summed E-state index contributed by atoms with van der Waals surface area (Å²) in [7, 11) is 0. The number of para-hydroxylation sites is 1. The Labute approximate surface area is 166 Å². The molecular weight excluding hydrogens is 372 g/mol. The third kappa shape index (κ3) is 3.46. The van der Waals surface area contributed by atoms with Crippen molar-refractivity contribution < 1.29 is 14.3 Å². The van der Waals surface area contributed by atoms with E-state index >= 15 is 0 Å². The van der Waals surface area contributed by atoms with E-state index in [1.54, 1.807) is 31.2 Å². The summed E-state index contributed by atoms with van der Waals surface area (Å²) in [4.78, 5) is 30.9. The van der Waals surface area contributed by atoms with Gasteiger partial charge >= 0.3 is 5.97 Å². The summed E-state index contributed by atoms with van der Waals surface area (Å²) in [6.45, 7) is 4.06. The largest absolute Gasteiger partial charge is 0.462 e. The molecule has 2 aromatic heterocycles. The quantitative estimate of drug-likeness (QED) is 0.487. The fourth-order valence-corrected chi connectivity index (χ4v) is 3.95. The summed E-state index contributed by atoms with van der Waals surface area (Å²) in [5.41, 5.74) is 2.83. The van der Waals surface area contributed by atoms with Crippen LogP contribution in [0, 0.1) is 6.92 Å². The van der Waals surface area contributed by atoms with Crippen LogP contribution in [0.2, 0.25) is 0 Å². The molecule has 6 heteroatoms. The highest BCUT2D eigenvalue weighted by Gasteiger charge is 2.17. The Morgan fingerprint density at radius 3 is 2.71 bits per heavy atom. The van der Waals surface area contributed by atoms with E-state index in [9.17, 15) is 9.59 Å². The number of benzene rings is 2. The number of fused-ring (bicyclic) bond motifs is 2. The van der Waals surface area contributed by atoms with E-state index in [2.05, 4.69) is 16.4 Å². The Morgan fingerprint density at radius 1 is 1.07 bits per heavy atom. The highest BCUT2D eigenvalue weighted by molar-refractivity contribution is 7.20. The van der Waals surface area contributed by atoms with E-state index in [0.717, 1.165) is 26.7 Å². The molecule has 5 nitrogen and oxygen atoms in total. The molecule has 0 saturated carbocycles. The summed E-state index contributed by atoms with van der Waals surface area (Å²) in [5, 5.41) is 4.79. The van der Waals surface area contributed by atoms with E-state index in [4.69, 9.17) is 4.74 Å². The predicted octanol–water partition coefficient (Wildman–Crippen LogP) is 5.19. The lowest BCUT2D eigenvalue weighted by Crippen LogP contribution is -2.14. The molecule has 28 heavy (non-hydrogen) atoms. The smallest absolute Gasteiger partial charge is 0.340 e. The molecular formula is C22H18N2O3S. The number of rotatable bonds is 4. The fraction of sp³-hybridized carbons (Fsp3) is 0.136. The van der Waals surface area contributed by atoms with Gasteiger partial charge in [-0.3, -0.25) is 4.79 Å². The van der Waals surface area contributed by atoms with E-state index in [1.165, 1.54) is 11.3 Å². The molecule has 140 valence electrons. The highest BCUT2D eigenvalue weighted by atomic mass is 32.1. The van der Waals surface area contributed by atoms with Crippen LogP contribution in [0.25, 0.3) is 21.1 Å². The van der Waals surface area contributed by atoms with Gasteiger partial charge in [0.15, 0.2) is 0 Å². The number of nitrogens with zero attached hydrogens (tertiary/aromatic N) is 1. The van der Waals surface area contributed by atoms with Gasteiger partial charge in [-0.1, -0.05) is 23.8 Å². The Kier molecular flexibility index (Phi) is 4.79. The zero-order chi connectivity index (χ0) is 19.7. The highest BCUT2D eigenvalue weighted by Crippen LogP contribution is 2.29. The van der Waals surface area contributed by atoms with Gasteiger partial charge in [-0.2, -0.15) is 0 Å². The summed E-state index contributed by atoms with van der Waals surface area (Å²) >= 11 is 1.33. The monoisotopic (exact) mass is 390 g/mol. The molecule has 0 unspecified atom stereocenters. The number of amides is 1. The second kappa shape index (κ2) is 7.40. The van der Waals surface area contributed by atoms with Crippen LogP contribution in [0.4, 0.5) is 5.69 Å². The number of pyridine rings is 1. The van der Waals surface area contributed by atoms with E-state index < -0.39 is 5.97 Å². The molecule has 0 saturated heterocycles. The van der Waals surface area contributed by atoms with Gasteiger partial charge in [0.05, 0.1) is 28.3 Å². The van der Waals surface area contributed by atoms with Gasteiger partial charge in [0, 0.05) is 10.8 Å². The first kappa shape index (κ1) is 18.1. The summed E-state index contributed by atoms with van der Waals surface area (Å²) < 4.78 is 5.06. The predicted molar refractivity (Wildman–Crippen MR) is 112 cm³/mol. The van der Waals surface area contributed by atoms with Crippen LogP contribution >= 0.6 is 11.3 Å². The lowest BCUT2D eigenvalue weighted by atomic mass is 10.1. The molecule has 4 aromatic rings. The lowest BCUT2D eigenvalue weighted by Gasteiger charge is -2.09. The average molecular weight is 390 g/mol. The molecule has 1 amide bonds. The van der Waals surface area contributed by atoms with Crippen molar-refractivity contribution in [2.24, 2.45) is 0 Å². The maximum absolute atomic E-state index is 12.8. The van der Waals surface area contributed by atoms with Crippen LogP contribution < -0.4 is 5.32 Å². The summed E-state index contributed by atoms with van der Waals surface area (Å²) in [6.07, 6.45) is 0. The molecule has 0 aliphatic heterocycles. The Bertz CT molecular complexity index is 1210. The Morgan fingerprint density at radius 2 is 1.89 bits per heavy atom. The van der Waals surface area contributed by atoms with Crippen molar-refractivity contribution in [1.29, 1.82) is 0 Å². The minimum atomic E-state index is -0.460. The Balaban J connectivity index is 1.66. The van der Waals surface area contributed by atoms with Gasteiger partial charge in [0.2, 0.25) is 0 Å². The topological polar surface area (TPSA) is 68.3 Å². The SMILES string of the molecule is CCOC(=O)c1ccccc1NC(=O)c1cc2cc3cc(C)ccc3nc2s1. The molecule has 0 radical (unpaired) electrons. The first-order valence-electron chi connectivity index (χ1n) is 8.93. The first-order valence-corrected chi connectivity index (χ1v) is 9.75. The number of nitrogens with one attached hydrogen (secondary N) is 1. The number of ether oxygens (including phenoxy) is 1. The number of aryl methyl sites for hydroxylation is 1. The lowest BCUT2D eigenvalue weighted by molar-refractivity contribution is 0.0527. The van der Waals surface area contributed by atoms with E-state index in [-0.39, 0.29) is 12.5 Å². The van der Waals surface area contributed by atoms with Gasteiger partial charge in [0.25, 0.3) is 5.91 Å². The second-order valence-electron chi connectivity index (χ2n) is 6.41. The first-order chi connectivity index (χ1) is 13.5. The number of thiophene rings is 1. The molecule has 0 bridgehead atoms. The molecule has 1 N–H and O–H groups in total. The van der Waals surface area contributed by atoms with Crippen LogP contribution in [0.5, 0.6) is 0 Å². The molecule has 4 rings (SSSR count). The minimum absolute atomic E-state index is 0.274. The third-order valence-corrected chi connectivity index (χ3v) is 5.39. The third-order valence-electron chi connectivity index (χ3n) is 4.35. The Hall–Kier alpha value is -3.25. The van der Waals surface area contributed by atoms with E-state index in [1.807, 2.05) is 31.2 Å². The maximum atomic E-state index is 12.8. The summed E-state index contributed by atoms with van der Waals surface area (Å²) in [6, 6.07) is 16.8. The molecule has 0 spiro atoms. The zero-order valence-electron chi connectivity index (χ0n) is 15.5. The van der Waals surface area contributed by atoms with Crippen molar-refractivity contribution in [3.05, 3.63) is 70.6 Å². The number of anilines is 1. The minimum Gasteiger partial charge on any atom is -0.462 e. The van der Waals surface area contributed by atoms with Gasteiger partial charge in [-0.25, -0.2) is 9.78 Å². The standard InChI is InChI=1S/C22H18N2O3S/c1-3-27-22(26)16-6-4-5-7-18(16)23-20(25)19-12-15-11-14-10-13(2)8-9-17(14)24-21(15)28-19/h4-12H,3H2,1-2H3,(H,23,25). The average Bonchev–Trinajstić information content (AvgIpc) is 3.09. The fourth-order valence-electron chi connectivity index (χ4n) is 3.03. The number of esters is 1. The maximum Gasteiger partial charge on any atom is 0.340 e. The number of carbonyl (C=O) groups is 2. The van der Waals surface area contributed by atoms with Crippen LogP contribution in [0.15, 0.2) is 54.6 Å². The van der Waals surface area contributed by atoms with Gasteiger partial charge in [0.1, 0.15) is 4.83 Å². The number of hydrogen-bond donors (Lipinski definition) is 1. The van der Waals surface area contributed by atoms with E-state index in [0.29, 0.717) is 16.1 Å². The molecule has 0 atom stereocenters. The normalized spacial score (nSPS) is 10.9. The van der Waals surface area contributed by atoms with Gasteiger partial charge in [-0.15, -0.1) is 11.3 Å².